The van der Waals surface area contributed by atoms with Crippen LogP contribution in [0.4, 0.5) is 0 Å². The maximum Gasteiger partial charge on any atom is 0.263 e. The summed E-state index contributed by atoms with van der Waals surface area (Å²) in [7, 11) is 0. The summed E-state index contributed by atoms with van der Waals surface area (Å²) in [5, 5.41) is 0.935. The van der Waals surface area contributed by atoms with Gasteiger partial charge in [0, 0.05) is 18.1 Å². The van der Waals surface area contributed by atoms with Gasteiger partial charge in [-0.25, -0.2) is 0 Å². The summed E-state index contributed by atoms with van der Waals surface area (Å²) in [6.07, 6.45) is 0.377. The molecule has 0 unspecified atom stereocenters. The number of nitrogens with zero attached hydrogens (tertiary/aromatic N) is 1. The van der Waals surface area contributed by atoms with Crippen molar-refractivity contribution < 1.29 is 9.53 Å². The monoisotopic (exact) mass is 316 g/mol. The molecule has 4 nitrogen and oxygen atoms in total. The molecule has 0 saturated carbocycles. The number of likely N-dealkylation sites (tertiary alicyclic amines) is 1. The van der Waals surface area contributed by atoms with Crippen molar-refractivity contribution in [2.75, 3.05) is 19.6 Å². The summed E-state index contributed by atoms with van der Waals surface area (Å²) in [6, 6.07) is 4.94. The summed E-state index contributed by atoms with van der Waals surface area (Å²) in [5.74, 6) is 0.823. The number of hydrogen-bond acceptors (Lipinski definition) is 3. The lowest BCUT2D eigenvalue weighted by atomic mass is 10.1. The van der Waals surface area contributed by atoms with Crippen molar-refractivity contribution in [3.8, 4) is 5.75 Å². The number of carbonyl (C=O) groups excluding carboxylic acids is 1. The molecule has 1 aromatic carbocycles. The molecule has 20 heavy (non-hydrogen) atoms. The molecule has 6 heteroatoms. The fourth-order valence-corrected chi connectivity index (χ4v) is 2.75. The first kappa shape index (κ1) is 15.4. The molecule has 0 aromatic heterocycles. The van der Waals surface area contributed by atoms with E-state index in [2.05, 4.69) is 0 Å². The Morgan fingerprint density at radius 1 is 1.55 bits per heavy atom. The third-order valence-corrected chi connectivity index (χ3v) is 4.01. The molecule has 110 valence electrons. The van der Waals surface area contributed by atoms with Crippen LogP contribution in [-0.2, 0) is 4.79 Å². The molecule has 1 heterocycles. The first-order chi connectivity index (χ1) is 9.51. The fraction of sp³-hybridized carbons (Fsp3) is 0.500. The number of rotatable bonds is 4. The summed E-state index contributed by atoms with van der Waals surface area (Å²) < 4.78 is 5.63. The normalized spacial score (nSPS) is 20.0. The lowest BCUT2D eigenvalue weighted by Crippen LogP contribution is -2.39. The van der Waals surface area contributed by atoms with E-state index >= 15 is 0 Å². The van der Waals surface area contributed by atoms with Gasteiger partial charge in [-0.1, -0.05) is 23.2 Å². The van der Waals surface area contributed by atoms with Gasteiger partial charge in [0.15, 0.2) is 6.10 Å². The predicted molar refractivity (Wildman–Crippen MR) is 80.3 cm³/mol. The molecule has 1 aliphatic rings. The van der Waals surface area contributed by atoms with E-state index in [9.17, 15) is 4.79 Å². The smallest absolute Gasteiger partial charge is 0.263 e. The minimum Gasteiger partial charge on any atom is -0.479 e. The van der Waals surface area contributed by atoms with Crippen molar-refractivity contribution >= 4 is 29.1 Å². The molecule has 1 aromatic rings. The van der Waals surface area contributed by atoms with Gasteiger partial charge in [-0.2, -0.15) is 0 Å². The lowest BCUT2D eigenvalue weighted by Gasteiger charge is -2.22. The van der Waals surface area contributed by atoms with Gasteiger partial charge in [0.1, 0.15) is 5.75 Å². The van der Waals surface area contributed by atoms with Crippen LogP contribution in [0.15, 0.2) is 18.2 Å². The van der Waals surface area contributed by atoms with Crippen LogP contribution in [0.1, 0.15) is 13.3 Å². The average molecular weight is 317 g/mol. The number of nitrogens with two attached hydrogens (primary N) is 1. The van der Waals surface area contributed by atoms with Crippen molar-refractivity contribution in [3.63, 3.8) is 0 Å². The standard InChI is InChI=1S/C14H18Cl2N2O2/c1-9(14(19)18-5-4-10(7-17)8-18)20-13-3-2-11(15)6-12(13)16/h2-3,6,9-10H,4-5,7-8,17H2,1H3/t9-,10-/m1/s1. The highest BCUT2D eigenvalue weighted by Crippen LogP contribution is 2.28. The van der Waals surface area contributed by atoms with E-state index in [4.69, 9.17) is 33.7 Å². The largest absolute Gasteiger partial charge is 0.479 e. The van der Waals surface area contributed by atoms with Gasteiger partial charge in [0.2, 0.25) is 0 Å². The van der Waals surface area contributed by atoms with Crippen LogP contribution in [0.5, 0.6) is 5.75 Å². The first-order valence-electron chi connectivity index (χ1n) is 6.62. The highest BCUT2D eigenvalue weighted by molar-refractivity contribution is 6.35. The molecule has 1 fully saturated rings. The molecule has 2 N–H and O–H groups in total. The number of amides is 1. The lowest BCUT2D eigenvalue weighted by molar-refractivity contribution is -0.136. The van der Waals surface area contributed by atoms with Crippen LogP contribution in [0.2, 0.25) is 10.0 Å². The number of carbonyl (C=O) groups is 1. The Hall–Kier alpha value is -0.970. The summed E-state index contributed by atoms with van der Waals surface area (Å²) >= 11 is 11.9. The highest BCUT2D eigenvalue weighted by Gasteiger charge is 2.29. The molecule has 0 bridgehead atoms. The van der Waals surface area contributed by atoms with E-state index in [1.807, 2.05) is 0 Å². The van der Waals surface area contributed by atoms with E-state index < -0.39 is 6.10 Å². The topological polar surface area (TPSA) is 55.6 Å². The molecule has 2 atom stereocenters. The van der Waals surface area contributed by atoms with Crippen molar-refractivity contribution in [1.82, 2.24) is 4.90 Å². The van der Waals surface area contributed by atoms with Crippen molar-refractivity contribution in [2.45, 2.75) is 19.4 Å². The van der Waals surface area contributed by atoms with Crippen molar-refractivity contribution in [3.05, 3.63) is 28.2 Å². The Morgan fingerprint density at radius 2 is 2.30 bits per heavy atom. The third kappa shape index (κ3) is 3.57. The summed E-state index contributed by atoms with van der Waals surface area (Å²) in [6.45, 7) is 3.78. The molecule has 0 spiro atoms. The molecule has 1 saturated heterocycles. The van der Waals surface area contributed by atoms with Crippen LogP contribution < -0.4 is 10.5 Å². The van der Waals surface area contributed by atoms with Crippen LogP contribution in [0, 0.1) is 5.92 Å². The summed E-state index contributed by atoms with van der Waals surface area (Å²) in [5.41, 5.74) is 5.63. The first-order valence-corrected chi connectivity index (χ1v) is 7.37. The molecule has 0 aliphatic carbocycles. The van der Waals surface area contributed by atoms with Gasteiger partial charge >= 0.3 is 0 Å². The third-order valence-electron chi connectivity index (χ3n) is 3.48. The van der Waals surface area contributed by atoms with Crippen LogP contribution in [0.25, 0.3) is 0 Å². The Kier molecular flexibility index (Phi) is 5.13. The minimum absolute atomic E-state index is 0.0352. The molecular weight excluding hydrogens is 299 g/mol. The van der Waals surface area contributed by atoms with E-state index in [1.165, 1.54) is 0 Å². The van der Waals surface area contributed by atoms with Gasteiger partial charge in [-0.3, -0.25) is 4.79 Å². The second-order valence-electron chi connectivity index (χ2n) is 5.01. The SMILES string of the molecule is C[C@@H](Oc1ccc(Cl)cc1Cl)C(=O)N1CC[C@H](CN)C1. The van der Waals surface area contributed by atoms with Gasteiger partial charge in [0.25, 0.3) is 5.91 Å². The molecule has 1 amide bonds. The van der Waals surface area contributed by atoms with Gasteiger partial charge in [-0.05, 0) is 44.0 Å². The minimum atomic E-state index is -0.579. The number of halogens is 2. The van der Waals surface area contributed by atoms with E-state index in [1.54, 1.807) is 30.0 Å². The number of benzene rings is 1. The maximum absolute atomic E-state index is 12.3. The van der Waals surface area contributed by atoms with E-state index in [0.29, 0.717) is 34.8 Å². The fourth-order valence-electron chi connectivity index (χ4n) is 2.29. The number of ether oxygens (including phenoxy) is 1. The predicted octanol–water partition coefficient (Wildman–Crippen LogP) is 2.57. The zero-order valence-corrected chi connectivity index (χ0v) is 12.8. The zero-order chi connectivity index (χ0) is 14.7. The maximum atomic E-state index is 12.3. The van der Waals surface area contributed by atoms with Crippen molar-refractivity contribution in [1.29, 1.82) is 0 Å². The molecule has 0 radical (unpaired) electrons. The van der Waals surface area contributed by atoms with E-state index in [-0.39, 0.29) is 5.91 Å². The Bertz CT molecular complexity index is 496. The van der Waals surface area contributed by atoms with E-state index in [0.717, 1.165) is 13.0 Å². The average Bonchev–Trinajstić information content (AvgIpc) is 2.89. The highest BCUT2D eigenvalue weighted by atomic mass is 35.5. The molecule has 1 aliphatic heterocycles. The van der Waals surface area contributed by atoms with Gasteiger partial charge < -0.3 is 15.4 Å². The Morgan fingerprint density at radius 3 is 2.90 bits per heavy atom. The zero-order valence-electron chi connectivity index (χ0n) is 11.3. The quantitative estimate of drug-likeness (QED) is 0.928. The van der Waals surface area contributed by atoms with Gasteiger partial charge in [-0.15, -0.1) is 0 Å². The second kappa shape index (κ2) is 6.66. The molecule has 2 rings (SSSR count). The van der Waals surface area contributed by atoms with Crippen LogP contribution in [-0.4, -0.2) is 36.5 Å². The van der Waals surface area contributed by atoms with Crippen molar-refractivity contribution in [2.24, 2.45) is 11.7 Å². The van der Waals surface area contributed by atoms with Crippen LogP contribution >= 0.6 is 23.2 Å². The Balaban J connectivity index is 1.97. The Labute approximate surface area is 128 Å². The second-order valence-corrected chi connectivity index (χ2v) is 5.85. The van der Waals surface area contributed by atoms with Gasteiger partial charge in [0.05, 0.1) is 5.02 Å². The molecular formula is C14H18Cl2N2O2. The number of hydrogen-bond donors (Lipinski definition) is 1. The summed E-state index contributed by atoms with van der Waals surface area (Å²) in [4.78, 5) is 14.1. The van der Waals surface area contributed by atoms with Crippen LogP contribution in [0.3, 0.4) is 0 Å².